The molecule has 6 heteroatoms. The van der Waals surface area contributed by atoms with Gasteiger partial charge in [-0.05, 0) is 36.6 Å². The number of ketones is 1. The number of thioether (sulfide) groups is 1. The monoisotopic (exact) mass is 438 g/mol. The summed E-state index contributed by atoms with van der Waals surface area (Å²) in [6.07, 6.45) is 2.16. The van der Waals surface area contributed by atoms with Gasteiger partial charge in [0, 0.05) is 22.6 Å². The van der Waals surface area contributed by atoms with Gasteiger partial charge in [-0.2, -0.15) is 5.26 Å². The van der Waals surface area contributed by atoms with Crippen LogP contribution < -0.4 is 5.63 Å². The molecule has 1 aliphatic rings. The van der Waals surface area contributed by atoms with Crippen molar-refractivity contribution < 1.29 is 9.21 Å². The number of fused-ring (bicyclic) bond motifs is 1. The van der Waals surface area contributed by atoms with Crippen molar-refractivity contribution in [3.05, 3.63) is 94.0 Å². The van der Waals surface area contributed by atoms with Crippen LogP contribution in [-0.4, -0.2) is 16.5 Å². The minimum atomic E-state index is -0.653. The molecule has 1 aliphatic carbocycles. The van der Waals surface area contributed by atoms with E-state index in [2.05, 4.69) is 6.07 Å². The van der Waals surface area contributed by atoms with Crippen molar-refractivity contribution in [3.63, 3.8) is 0 Å². The highest BCUT2D eigenvalue weighted by atomic mass is 32.2. The molecule has 5 rings (SSSR count). The number of benzene rings is 2. The lowest BCUT2D eigenvalue weighted by molar-refractivity contribution is 0.101. The SMILES string of the molecule is N#Cc1c(-c2ccccc2)cc(C2CC2)nc1SCC(=O)c1cc2ccccc2oc1=O. The Hall–Kier alpha value is -3.69. The average molecular weight is 439 g/mol. The zero-order valence-corrected chi connectivity index (χ0v) is 17.9. The van der Waals surface area contributed by atoms with Crippen LogP contribution in [0.15, 0.2) is 81.0 Å². The van der Waals surface area contributed by atoms with Gasteiger partial charge in [-0.25, -0.2) is 9.78 Å². The molecule has 0 saturated heterocycles. The lowest BCUT2D eigenvalue weighted by atomic mass is 10.0. The predicted octanol–water partition coefficient (Wildman–Crippen LogP) is 5.58. The Bertz CT molecular complexity index is 1430. The highest BCUT2D eigenvalue weighted by Gasteiger charge is 2.28. The van der Waals surface area contributed by atoms with Gasteiger partial charge in [0.25, 0.3) is 0 Å². The van der Waals surface area contributed by atoms with Gasteiger partial charge < -0.3 is 4.42 Å². The average Bonchev–Trinajstić information content (AvgIpc) is 3.67. The maximum Gasteiger partial charge on any atom is 0.347 e. The molecule has 0 spiro atoms. The summed E-state index contributed by atoms with van der Waals surface area (Å²) in [6, 6.07) is 22.6. The number of pyridine rings is 1. The second kappa shape index (κ2) is 8.45. The van der Waals surface area contributed by atoms with Crippen LogP contribution in [0.5, 0.6) is 0 Å². The fourth-order valence-corrected chi connectivity index (χ4v) is 4.55. The van der Waals surface area contributed by atoms with E-state index in [1.165, 1.54) is 11.8 Å². The Morgan fingerprint density at radius 1 is 1.09 bits per heavy atom. The summed E-state index contributed by atoms with van der Waals surface area (Å²) in [7, 11) is 0. The van der Waals surface area contributed by atoms with Crippen LogP contribution in [0, 0.1) is 11.3 Å². The number of carbonyl (C=O) groups excluding carboxylic acids is 1. The quantitative estimate of drug-likeness (QED) is 0.222. The first-order valence-electron chi connectivity index (χ1n) is 10.3. The van der Waals surface area contributed by atoms with Crippen LogP contribution in [0.1, 0.15) is 40.4 Å². The van der Waals surface area contributed by atoms with Crippen molar-refractivity contribution in [1.82, 2.24) is 4.98 Å². The fraction of sp³-hybridized carbons (Fsp3) is 0.154. The molecule has 2 heterocycles. The van der Waals surface area contributed by atoms with Gasteiger partial charge in [-0.1, -0.05) is 60.3 Å². The molecule has 1 saturated carbocycles. The van der Waals surface area contributed by atoms with Gasteiger partial charge >= 0.3 is 5.63 Å². The highest BCUT2D eigenvalue weighted by Crippen LogP contribution is 2.42. The van der Waals surface area contributed by atoms with Gasteiger partial charge in [-0.3, -0.25) is 4.79 Å². The largest absolute Gasteiger partial charge is 0.422 e. The maximum atomic E-state index is 12.9. The third-order valence-corrected chi connectivity index (χ3v) is 6.46. The number of nitrogens with zero attached hydrogens (tertiary/aromatic N) is 2. The Morgan fingerprint density at radius 3 is 2.59 bits per heavy atom. The zero-order valence-electron chi connectivity index (χ0n) is 17.1. The summed E-state index contributed by atoms with van der Waals surface area (Å²) in [6.45, 7) is 0. The number of hydrogen-bond acceptors (Lipinski definition) is 6. The number of para-hydroxylation sites is 1. The molecule has 0 unspecified atom stereocenters. The van der Waals surface area contributed by atoms with E-state index in [1.807, 2.05) is 42.5 Å². The first kappa shape index (κ1) is 20.2. The topological polar surface area (TPSA) is 84.0 Å². The van der Waals surface area contributed by atoms with Crippen molar-refractivity contribution in [1.29, 1.82) is 5.26 Å². The van der Waals surface area contributed by atoms with Crippen molar-refractivity contribution in [3.8, 4) is 17.2 Å². The summed E-state index contributed by atoms with van der Waals surface area (Å²) < 4.78 is 5.29. The number of Topliss-reactive ketones (excluding diaryl/α,β-unsaturated/α-hetero) is 1. The van der Waals surface area contributed by atoms with Crippen molar-refractivity contribution in [2.45, 2.75) is 23.8 Å². The van der Waals surface area contributed by atoms with Gasteiger partial charge in [0.2, 0.25) is 0 Å². The summed E-state index contributed by atoms with van der Waals surface area (Å²) >= 11 is 1.19. The van der Waals surface area contributed by atoms with E-state index in [4.69, 9.17) is 9.40 Å². The van der Waals surface area contributed by atoms with Crippen LogP contribution in [-0.2, 0) is 0 Å². The van der Waals surface area contributed by atoms with Crippen LogP contribution in [0.25, 0.3) is 22.1 Å². The lowest BCUT2D eigenvalue weighted by Gasteiger charge is -2.12. The van der Waals surface area contributed by atoms with E-state index in [-0.39, 0.29) is 17.1 Å². The van der Waals surface area contributed by atoms with Crippen LogP contribution in [0.4, 0.5) is 0 Å². The summed E-state index contributed by atoms with van der Waals surface area (Å²) in [5.74, 6) is 0.0405. The molecule has 156 valence electrons. The molecule has 5 nitrogen and oxygen atoms in total. The van der Waals surface area contributed by atoms with Crippen molar-refractivity contribution >= 4 is 28.5 Å². The van der Waals surface area contributed by atoms with E-state index in [0.29, 0.717) is 27.5 Å². The maximum absolute atomic E-state index is 12.9. The smallest absolute Gasteiger partial charge is 0.347 e. The summed E-state index contributed by atoms with van der Waals surface area (Å²) in [4.78, 5) is 29.9. The molecule has 0 radical (unpaired) electrons. The fourth-order valence-electron chi connectivity index (χ4n) is 3.65. The second-order valence-corrected chi connectivity index (χ2v) is 8.69. The number of nitriles is 1. The Morgan fingerprint density at radius 2 is 1.84 bits per heavy atom. The van der Waals surface area contributed by atoms with Gasteiger partial charge in [0.15, 0.2) is 5.78 Å². The van der Waals surface area contributed by atoms with Crippen LogP contribution in [0.2, 0.25) is 0 Å². The van der Waals surface area contributed by atoms with Gasteiger partial charge in [-0.15, -0.1) is 0 Å². The molecule has 4 aromatic rings. The minimum Gasteiger partial charge on any atom is -0.422 e. The number of carbonyl (C=O) groups is 1. The van der Waals surface area contributed by atoms with Crippen molar-refractivity contribution in [2.75, 3.05) is 5.75 Å². The standard InChI is InChI=1S/C26H18N2O3S/c27-14-21-19(16-6-2-1-3-7-16)13-22(17-10-11-17)28-25(21)32-15-23(29)20-12-18-8-4-5-9-24(18)31-26(20)30/h1-9,12-13,17H,10-11,15H2. The van der Waals surface area contributed by atoms with E-state index in [9.17, 15) is 14.9 Å². The van der Waals surface area contributed by atoms with Crippen molar-refractivity contribution in [2.24, 2.45) is 0 Å². The molecular formula is C26H18N2O3S. The molecule has 2 aromatic carbocycles. The third-order valence-electron chi connectivity index (χ3n) is 5.48. The molecule has 0 N–H and O–H groups in total. The zero-order chi connectivity index (χ0) is 22.1. The molecule has 0 amide bonds. The third kappa shape index (κ3) is 3.95. The number of rotatable bonds is 6. The second-order valence-electron chi connectivity index (χ2n) is 7.72. The molecule has 32 heavy (non-hydrogen) atoms. The Balaban J connectivity index is 1.48. The van der Waals surface area contributed by atoms with E-state index in [1.54, 1.807) is 24.3 Å². The highest BCUT2D eigenvalue weighted by molar-refractivity contribution is 8.00. The van der Waals surface area contributed by atoms with Crippen LogP contribution >= 0.6 is 11.8 Å². The normalized spacial score (nSPS) is 13.1. The first-order chi connectivity index (χ1) is 15.6. The first-order valence-corrected chi connectivity index (χ1v) is 11.3. The molecule has 2 aromatic heterocycles. The lowest BCUT2D eigenvalue weighted by Crippen LogP contribution is -2.15. The molecule has 0 bridgehead atoms. The molecular weight excluding hydrogens is 420 g/mol. The van der Waals surface area contributed by atoms with E-state index in [0.717, 1.165) is 29.7 Å². The van der Waals surface area contributed by atoms with Crippen LogP contribution in [0.3, 0.4) is 0 Å². The van der Waals surface area contributed by atoms with Gasteiger partial charge in [0.1, 0.15) is 22.2 Å². The summed E-state index contributed by atoms with van der Waals surface area (Å²) in [5, 5.41) is 11.1. The van der Waals surface area contributed by atoms with E-state index < -0.39 is 5.63 Å². The Kier molecular flexibility index (Phi) is 5.34. The number of hydrogen-bond donors (Lipinski definition) is 0. The van der Waals surface area contributed by atoms with Gasteiger partial charge in [0.05, 0.1) is 11.3 Å². The summed E-state index contributed by atoms with van der Waals surface area (Å²) in [5.41, 5.74) is 2.96. The minimum absolute atomic E-state index is 0.00682. The number of aromatic nitrogens is 1. The Labute approximate surface area is 188 Å². The molecule has 0 atom stereocenters. The predicted molar refractivity (Wildman–Crippen MR) is 124 cm³/mol. The molecule has 1 fully saturated rings. The van der Waals surface area contributed by atoms with E-state index >= 15 is 0 Å². The molecule has 0 aliphatic heterocycles.